The predicted molar refractivity (Wildman–Crippen MR) is 103 cm³/mol. The summed E-state index contributed by atoms with van der Waals surface area (Å²) in [6.45, 7) is 3.52. The summed E-state index contributed by atoms with van der Waals surface area (Å²) in [6, 6.07) is 3.90. The minimum absolute atomic E-state index is 0.0457. The van der Waals surface area contributed by atoms with Gasteiger partial charge in [-0.1, -0.05) is 25.3 Å². The molecule has 3 heterocycles. The first-order chi connectivity index (χ1) is 13.1. The highest BCUT2D eigenvalue weighted by Gasteiger charge is 2.32. The van der Waals surface area contributed by atoms with Gasteiger partial charge in [0, 0.05) is 31.9 Å². The van der Waals surface area contributed by atoms with Crippen LogP contribution in [0, 0.1) is 12.8 Å². The van der Waals surface area contributed by atoms with E-state index >= 15 is 0 Å². The van der Waals surface area contributed by atoms with Gasteiger partial charge < -0.3 is 14.6 Å². The van der Waals surface area contributed by atoms with Crippen molar-refractivity contribution in [3.05, 3.63) is 35.8 Å². The maximum absolute atomic E-state index is 12.5. The second kappa shape index (κ2) is 7.71. The summed E-state index contributed by atoms with van der Waals surface area (Å²) >= 11 is 0. The number of carbonyl (C=O) groups excluding carboxylic acids is 2. The van der Waals surface area contributed by atoms with E-state index in [1.807, 2.05) is 34.6 Å². The van der Waals surface area contributed by atoms with E-state index in [1.54, 1.807) is 6.20 Å². The van der Waals surface area contributed by atoms with Gasteiger partial charge in [0.05, 0.1) is 18.2 Å². The Morgan fingerprint density at radius 1 is 1.30 bits per heavy atom. The Kier molecular flexibility index (Phi) is 5.14. The average Bonchev–Trinajstić information content (AvgIpc) is 3.20. The van der Waals surface area contributed by atoms with E-state index in [4.69, 9.17) is 0 Å². The molecule has 0 aromatic carbocycles. The third-order valence-electron chi connectivity index (χ3n) is 5.93. The van der Waals surface area contributed by atoms with Crippen molar-refractivity contribution in [2.24, 2.45) is 5.92 Å². The van der Waals surface area contributed by atoms with E-state index in [0.717, 1.165) is 23.4 Å². The van der Waals surface area contributed by atoms with Crippen molar-refractivity contribution in [2.75, 3.05) is 13.1 Å². The SMILES string of the molecule is Cc1cccn2c(CC(=O)NC3CC(=O)N(CC4CCCCC4)C3)cnc12. The Morgan fingerprint density at radius 3 is 2.93 bits per heavy atom. The van der Waals surface area contributed by atoms with Crippen LogP contribution in [0.2, 0.25) is 0 Å². The van der Waals surface area contributed by atoms with Crippen LogP contribution in [0.4, 0.5) is 0 Å². The molecule has 0 bridgehead atoms. The molecule has 144 valence electrons. The lowest BCUT2D eigenvalue weighted by molar-refractivity contribution is -0.128. The molecule has 2 aliphatic rings. The molecular formula is C21H28N4O2. The largest absolute Gasteiger partial charge is 0.351 e. The number of likely N-dealkylation sites (tertiary alicyclic amines) is 1. The number of hydrogen-bond acceptors (Lipinski definition) is 3. The van der Waals surface area contributed by atoms with Crippen molar-refractivity contribution in [3.8, 4) is 0 Å². The van der Waals surface area contributed by atoms with Crippen LogP contribution in [0.3, 0.4) is 0 Å². The minimum atomic E-state index is -0.0745. The lowest BCUT2D eigenvalue weighted by Gasteiger charge is -2.27. The molecular weight excluding hydrogens is 340 g/mol. The highest BCUT2D eigenvalue weighted by Crippen LogP contribution is 2.26. The molecule has 1 aliphatic carbocycles. The molecule has 2 aromatic rings. The number of pyridine rings is 1. The monoisotopic (exact) mass is 368 g/mol. The van der Waals surface area contributed by atoms with Gasteiger partial charge in [0.2, 0.25) is 11.8 Å². The molecule has 1 saturated carbocycles. The van der Waals surface area contributed by atoms with E-state index < -0.39 is 0 Å². The average molecular weight is 368 g/mol. The highest BCUT2D eigenvalue weighted by molar-refractivity contribution is 5.83. The number of nitrogens with one attached hydrogen (secondary N) is 1. The molecule has 0 radical (unpaired) electrons. The van der Waals surface area contributed by atoms with E-state index in [1.165, 1.54) is 32.1 Å². The van der Waals surface area contributed by atoms with Gasteiger partial charge in [-0.2, -0.15) is 0 Å². The van der Waals surface area contributed by atoms with Crippen molar-refractivity contribution in [3.63, 3.8) is 0 Å². The van der Waals surface area contributed by atoms with Gasteiger partial charge in [-0.15, -0.1) is 0 Å². The van der Waals surface area contributed by atoms with Gasteiger partial charge >= 0.3 is 0 Å². The van der Waals surface area contributed by atoms with Crippen LogP contribution >= 0.6 is 0 Å². The van der Waals surface area contributed by atoms with Crippen molar-refractivity contribution in [1.82, 2.24) is 19.6 Å². The van der Waals surface area contributed by atoms with Crippen molar-refractivity contribution >= 4 is 17.5 Å². The standard InChI is InChI=1S/C21H28N4O2/c1-15-6-5-9-25-18(12-22-21(15)25)11-19(26)23-17-10-20(27)24(14-17)13-16-7-3-2-4-8-16/h5-6,9,12,16-17H,2-4,7-8,10-11,13-14H2,1H3,(H,23,26). The molecule has 1 unspecified atom stereocenters. The number of hydrogen-bond donors (Lipinski definition) is 1. The second-order valence-electron chi connectivity index (χ2n) is 8.08. The maximum atomic E-state index is 12.5. The summed E-state index contributed by atoms with van der Waals surface area (Å²) in [7, 11) is 0. The van der Waals surface area contributed by atoms with Crippen molar-refractivity contribution < 1.29 is 9.59 Å². The smallest absolute Gasteiger partial charge is 0.226 e. The fourth-order valence-electron chi connectivity index (χ4n) is 4.50. The number of fused-ring (bicyclic) bond motifs is 1. The molecule has 2 fully saturated rings. The zero-order valence-corrected chi connectivity index (χ0v) is 16.0. The minimum Gasteiger partial charge on any atom is -0.351 e. The van der Waals surface area contributed by atoms with Crippen LogP contribution < -0.4 is 5.32 Å². The predicted octanol–water partition coefficient (Wildman–Crippen LogP) is 2.48. The highest BCUT2D eigenvalue weighted by atomic mass is 16.2. The zero-order chi connectivity index (χ0) is 18.8. The maximum Gasteiger partial charge on any atom is 0.226 e. The van der Waals surface area contributed by atoms with Gasteiger partial charge in [0.25, 0.3) is 0 Å². The Hall–Kier alpha value is -2.37. The normalized spacial score (nSPS) is 21.1. The summed E-state index contributed by atoms with van der Waals surface area (Å²) in [5.74, 6) is 0.769. The number of aromatic nitrogens is 2. The molecule has 2 aromatic heterocycles. The van der Waals surface area contributed by atoms with Crippen LogP contribution in [0.5, 0.6) is 0 Å². The summed E-state index contributed by atoms with van der Waals surface area (Å²) in [6.07, 6.45) is 10.7. The molecule has 1 saturated heterocycles. The van der Waals surface area contributed by atoms with Crippen LogP contribution in [0.1, 0.15) is 49.8 Å². The van der Waals surface area contributed by atoms with Crippen LogP contribution in [0.25, 0.3) is 5.65 Å². The molecule has 4 rings (SSSR count). The van der Waals surface area contributed by atoms with E-state index in [0.29, 0.717) is 18.9 Å². The first-order valence-electron chi connectivity index (χ1n) is 10.1. The van der Waals surface area contributed by atoms with Crippen LogP contribution in [0.15, 0.2) is 24.5 Å². The Bertz CT molecular complexity index is 838. The summed E-state index contributed by atoms with van der Waals surface area (Å²) < 4.78 is 1.96. The molecule has 27 heavy (non-hydrogen) atoms. The van der Waals surface area contributed by atoms with Gasteiger partial charge in [-0.25, -0.2) is 4.98 Å². The van der Waals surface area contributed by atoms with Gasteiger partial charge in [-0.3, -0.25) is 9.59 Å². The Morgan fingerprint density at radius 2 is 2.11 bits per heavy atom. The lowest BCUT2D eigenvalue weighted by atomic mass is 9.89. The van der Waals surface area contributed by atoms with Gasteiger partial charge in [0.15, 0.2) is 0 Å². The summed E-state index contributed by atoms with van der Waals surface area (Å²) in [5, 5.41) is 3.05. The van der Waals surface area contributed by atoms with Crippen LogP contribution in [-0.4, -0.2) is 45.2 Å². The molecule has 6 heteroatoms. The fraction of sp³-hybridized carbons (Fsp3) is 0.571. The van der Waals surface area contributed by atoms with Crippen molar-refractivity contribution in [2.45, 2.75) is 57.9 Å². The Balaban J connectivity index is 1.33. The number of amides is 2. The van der Waals surface area contributed by atoms with E-state index in [2.05, 4.69) is 10.3 Å². The van der Waals surface area contributed by atoms with Gasteiger partial charge in [0.1, 0.15) is 5.65 Å². The first kappa shape index (κ1) is 18.0. The third-order valence-corrected chi connectivity index (χ3v) is 5.93. The number of imidazole rings is 1. The van der Waals surface area contributed by atoms with E-state index in [9.17, 15) is 9.59 Å². The van der Waals surface area contributed by atoms with E-state index in [-0.39, 0.29) is 24.3 Å². The lowest BCUT2D eigenvalue weighted by Crippen LogP contribution is -2.39. The molecule has 6 nitrogen and oxygen atoms in total. The fourth-order valence-corrected chi connectivity index (χ4v) is 4.50. The Labute approximate surface area is 159 Å². The summed E-state index contributed by atoms with van der Waals surface area (Å²) in [4.78, 5) is 31.2. The first-order valence-corrected chi connectivity index (χ1v) is 10.1. The van der Waals surface area contributed by atoms with Crippen molar-refractivity contribution in [1.29, 1.82) is 0 Å². The molecule has 1 atom stereocenters. The number of carbonyl (C=O) groups is 2. The quantitative estimate of drug-likeness (QED) is 0.882. The molecule has 1 N–H and O–H groups in total. The number of nitrogens with zero attached hydrogens (tertiary/aromatic N) is 3. The summed E-state index contributed by atoms with van der Waals surface area (Å²) in [5.41, 5.74) is 2.84. The number of aryl methyl sites for hydroxylation is 1. The molecule has 2 amide bonds. The molecule has 0 spiro atoms. The number of rotatable bonds is 5. The van der Waals surface area contributed by atoms with Gasteiger partial charge in [-0.05, 0) is 37.3 Å². The third kappa shape index (κ3) is 3.99. The molecule has 1 aliphatic heterocycles. The zero-order valence-electron chi connectivity index (χ0n) is 16.0. The topological polar surface area (TPSA) is 66.7 Å². The second-order valence-corrected chi connectivity index (χ2v) is 8.08. The van der Waals surface area contributed by atoms with Crippen LogP contribution in [-0.2, 0) is 16.0 Å².